The smallest absolute Gasteiger partial charge is 0.251 e. The number of carbonyl (C=O) groups is 1. The van der Waals surface area contributed by atoms with Gasteiger partial charge in [-0.25, -0.2) is 0 Å². The minimum atomic E-state index is -0.0884. The van der Waals surface area contributed by atoms with Crippen molar-refractivity contribution < 1.29 is 9.53 Å². The number of carbonyl (C=O) groups excluding carboxylic acids is 1. The number of rotatable bonds is 7. The van der Waals surface area contributed by atoms with Crippen LogP contribution in [-0.2, 0) is 6.61 Å². The van der Waals surface area contributed by atoms with E-state index in [4.69, 9.17) is 16.3 Å². The summed E-state index contributed by atoms with van der Waals surface area (Å²) in [5, 5.41) is 3.83. The molecule has 0 aliphatic heterocycles. The Balaban J connectivity index is 1.64. The second-order valence-corrected chi connectivity index (χ2v) is 7.61. The topological polar surface area (TPSA) is 38.3 Å². The van der Waals surface area contributed by atoms with Gasteiger partial charge in [0.2, 0.25) is 0 Å². The molecule has 150 valence electrons. The number of amides is 1. The SMILES string of the molecule is CC[C@@H](NC(=O)c1ccc(OCc2ccccc2Cl)cc1)c1ccc(C)cc1C. The van der Waals surface area contributed by atoms with Gasteiger partial charge in [0.05, 0.1) is 6.04 Å². The Morgan fingerprint density at radius 1 is 1.03 bits per heavy atom. The highest BCUT2D eigenvalue weighted by Crippen LogP contribution is 2.23. The molecule has 0 radical (unpaired) electrons. The lowest BCUT2D eigenvalue weighted by Crippen LogP contribution is -2.28. The quantitative estimate of drug-likeness (QED) is 0.491. The summed E-state index contributed by atoms with van der Waals surface area (Å²) in [7, 11) is 0. The molecule has 0 aromatic heterocycles. The molecule has 0 aliphatic carbocycles. The Bertz CT molecular complexity index is 982. The van der Waals surface area contributed by atoms with Crippen LogP contribution >= 0.6 is 11.6 Å². The second-order valence-electron chi connectivity index (χ2n) is 7.20. The maximum atomic E-state index is 12.7. The monoisotopic (exact) mass is 407 g/mol. The van der Waals surface area contributed by atoms with Crippen molar-refractivity contribution in [1.29, 1.82) is 0 Å². The van der Waals surface area contributed by atoms with E-state index < -0.39 is 0 Å². The summed E-state index contributed by atoms with van der Waals surface area (Å²) in [5.41, 5.74) is 5.11. The predicted octanol–water partition coefficient (Wildman–Crippen LogP) is 6.42. The summed E-state index contributed by atoms with van der Waals surface area (Å²) < 4.78 is 5.79. The van der Waals surface area contributed by atoms with Gasteiger partial charge in [-0.2, -0.15) is 0 Å². The van der Waals surface area contributed by atoms with Crippen LogP contribution in [0.4, 0.5) is 0 Å². The van der Waals surface area contributed by atoms with Crippen molar-refractivity contribution in [2.45, 2.75) is 39.8 Å². The van der Waals surface area contributed by atoms with Crippen molar-refractivity contribution in [2.75, 3.05) is 0 Å². The maximum Gasteiger partial charge on any atom is 0.251 e. The van der Waals surface area contributed by atoms with Crippen LogP contribution in [0.3, 0.4) is 0 Å². The molecule has 0 saturated carbocycles. The van der Waals surface area contributed by atoms with Gasteiger partial charge in [0, 0.05) is 16.1 Å². The molecule has 0 saturated heterocycles. The van der Waals surface area contributed by atoms with Crippen molar-refractivity contribution in [3.8, 4) is 5.75 Å². The van der Waals surface area contributed by atoms with E-state index in [0.717, 1.165) is 17.5 Å². The van der Waals surface area contributed by atoms with Gasteiger partial charge in [0.15, 0.2) is 0 Å². The highest BCUT2D eigenvalue weighted by molar-refractivity contribution is 6.31. The zero-order chi connectivity index (χ0) is 20.8. The predicted molar refractivity (Wildman–Crippen MR) is 119 cm³/mol. The van der Waals surface area contributed by atoms with Crippen LogP contribution < -0.4 is 10.1 Å². The van der Waals surface area contributed by atoms with Crippen LogP contribution in [0.5, 0.6) is 5.75 Å². The van der Waals surface area contributed by atoms with E-state index in [2.05, 4.69) is 44.3 Å². The first kappa shape index (κ1) is 20.9. The lowest BCUT2D eigenvalue weighted by atomic mass is 9.97. The normalized spacial score (nSPS) is 11.7. The summed E-state index contributed by atoms with van der Waals surface area (Å²) in [6, 6.07) is 21.1. The summed E-state index contributed by atoms with van der Waals surface area (Å²) in [4.78, 5) is 12.7. The Morgan fingerprint density at radius 2 is 1.76 bits per heavy atom. The third-order valence-corrected chi connectivity index (χ3v) is 5.35. The molecule has 0 unspecified atom stereocenters. The lowest BCUT2D eigenvalue weighted by Gasteiger charge is -2.20. The molecule has 0 aliphatic rings. The number of aryl methyl sites for hydroxylation is 2. The molecular weight excluding hydrogens is 382 g/mol. The molecule has 3 nitrogen and oxygen atoms in total. The number of halogens is 1. The second kappa shape index (κ2) is 9.62. The van der Waals surface area contributed by atoms with Gasteiger partial charge in [-0.3, -0.25) is 4.79 Å². The van der Waals surface area contributed by atoms with E-state index in [1.54, 1.807) is 12.1 Å². The van der Waals surface area contributed by atoms with Crippen LogP contribution in [0.1, 0.15) is 52.0 Å². The highest BCUT2D eigenvalue weighted by Gasteiger charge is 2.16. The van der Waals surface area contributed by atoms with Crippen molar-refractivity contribution in [3.05, 3.63) is 99.6 Å². The minimum absolute atomic E-state index is 0.0146. The Labute approximate surface area is 177 Å². The molecule has 0 fully saturated rings. The van der Waals surface area contributed by atoms with Gasteiger partial charge in [-0.1, -0.05) is 60.5 Å². The standard InChI is InChI=1S/C25H26ClNO2/c1-4-24(22-14-9-17(2)15-18(22)3)27-25(28)19-10-12-21(13-11-19)29-16-20-7-5-6-8-23(20)26/h5-15,24H,4,16H2,1-3H3,(H,27,28)/t24-/m1/s1. The molecule has 3 rings (SSSR count). The first-order chi connectivity index (χ1) is 14.0. The molecule has 1 N–H and O–H groups in total. The fourth-order valence-corrected chi connectivity index (χ4v) is 3.53. The number of ether oxygens (including phenoxy) is 1. The molecule has 1 atom stereocenters. The molecule has 0 heterocycles. The third kappa shape index (κ3) is 5.39. The first-order valence-electron chi connectivity index (χ1n) is 9.82. The van der Waals surface area contributed by atoms with Gasteiger partial charge < -0.3 is 10.1 Å². The molecule has 4 heteroatoms. The van der Waals surface area contributed by atoms with Crippen LogP contribution in [0.2, 0.25) is 5.02 Å². The van der Waals surface area contributed by atoms with Crippen LogP contribution in [0.25, 0.3) is 0 Å². The Kier molecular flexibility index (Phi) is 6.95. The molecule has 0 bridgehead atoms. The maximum absolute atomic E-state index is 12.7. The molecule has 1 amide bonds. The molecule has 3 aromatic rings. The summed E-state index contributed by atoms with van der Waals surface area (Å²) >= 11 is 6.16. The minimum Gasteiger partial charge on any atom is -0.489 e. The highest BCUT2D eigenvalue weighted by atomic mass is 35.5. The van der Waals surface area contributed by atoms with Gasteiger partial charge in [0.25, 0.3) is 5.91 Å². The molecule has 3 aromatic carbocycles. The van der Waals surface area contributed by atoms with Crippen molar-refractivity contribution >= 4 is 17.5 Å². The molecular formula is C25H26ClNO2. The third-order valence-electron chi connectivity index (χ3n) is 4.98. The van der Waals surface area contributed by atoms with E-state index in [-0.39, 0.29) is 11.9 Å². The fraction of sp³-hybridized carbons (Fsp3) is 0.240. The molecule has 0 spiro atoms. The number of nitrogens with one attached hydrogen (secondary N) is 1. The van der Waals surface area contributed by atoms with E-state index in [9.17, 15) is 4.79 Å². The summed E-state index contributed by atoms with van der Waals surface area (Å²) in [6.45, 7) is 6.62. The zero-order valence-corrected chi connectivity index (χ0v) is 17.8. The van der Waals surface area contributed by atoms with Gasteiger partial charge in [-0.15, -0.1) is 0 Å². The van der Waals surface area contributed by atoms with Crippen LogP contribution in [0.15, 0.2) is 66.7 Å². The van der Waals surface area contributed by atoms with Crippen molar-refractivity contribution in [1.82, 2.24) is 5.32 Å². The Hall–Kier alpha value is -2.78. The summed E-state index contributed by atoms with van der Waals surface area (Å²) in [5.74, 6) is 0.609. The lowest BCUT2D eigenvalue weighted by molar-refractivity contribution is 0.0935. The largest absolute Gasteiger partial charge is 0.489 e. The van der Waals surface area contributed by atoms with Gasteiger partial charge in [-0.05, 0) is 61.7 Å². The summed E-state index contributed by atoms with van der Waals surface area (Å²) in [6.07, 6.45) is 0.828. The van der Waals surface area contributed by atoms with Crippen LogP contribution in [-0.4, -0.2) is 5.91 Å². The number of hydrogen-bond donors (Lipinski definition) is 1. The van der Waals surface area contributed by atoms with Gasteiger partial charge >= 0.3 is 0 Å². The van der Waals surface area contributed by atoms with E-state index >= 15 is 0 Å². The van der Waals surface area contributed by atoms with Crippen molar-refractivity contribution in [2.24, 2.45) is 0 Å². The molecule has 29 heavy (non-hydrogen) atoms. The average molecular weight is 408 g/mol. The van der Waals surface area contributed by atoms with E-state index in [0.29, 0.717) is 22.9 Å². The van der Waals surface area contributed by atoms with Gasteiger partial charge in [0.1, 0.15) is 12.4 Å². The zero-order valence-electron chi connectivity index (χ0n) is 17.0. The first-order valence-corrected chi connectivity index (χ1v) is 10.2. The fourth-order valence-electron chi connectivity index (χ4n) is 3.34. The van der Waals surface area contributed by atoms with E-state index in [1.165, 1.54) is 11.1 Å². The average Bonchev–Trinajstić information content (AvgIpc) is 2.72. The van der Waals surface area contributed by atoms with Crippen LogP contribution in [0, 0.1) is 13.8 Å². The van der Waals surface area contributed by atoms with E-state index in [1.807, 2.05) is 36.4 Å². The number of hydrogen-bond acceptors (Lipinski definition) is 2. The number of benzene rings is 3. The Morgan fingerprint density at radius 3 is 2.41 bits per heavy atom. The van der Waals surface area contributed by atoms with Crippen molar-refractivity contribution in [3.63, 3.8) is 0 Å².